The Bertz CT molecular complexity index is 583. The predicted molar refractivity (Wildman–Crippen MR) is 75.5 cm³/mol. The molecule has 8 heteroatoms. The molecule has 1 atom stereocenters. The molecule has 0 aromatic heterocycles. The Hall–Kier alpha value is -1.70. The number of hydrogen-bond donors (Lipinski definition) is 0. The maximum atomic E-state index is 14.0. The van der Waals surface area contributed by atoms with Crippen LogP contribution in [0.1, 0.15) is 23.7 Å². The summed E-state index contributed by atoms with van der Waals surface area (Å²) in [5, 5.41) is 10.9. The van der Waals surface area contributed by atoms with Crippen LogP contribution in [0.15, 0.2) is 12.1 Å². The molecule has 1 fully saturated rings. The molecule has 1 amide bonds. The second-order valence-corrected chi connectivity index (χ2v) is 6.10. The van der Waals surface area contributed by atoms with E-state index in [1.54, 1.807) is 11.8 Å². The molecule has 21 heavy (non-hydrogen) atoms. The molecule has 5 nitrogen and oxygen atoms in total. The van der Waals surface area contributed by atoms with Crippen LogP contribution in [-0.4, -0.2) is 39.8 Å². The summed E-state index contributed by atoms with van der Waals surface area (Å²) in [6.07, 6.45) is 0.861. The van der Waals surface area contributed by atoms with E-state index >= 15 is 0 Å². The van der Waals surface area contributed by atoms with Crippen molar-refractivity contribution in [2.75, 3.05) is 18.8 Å². The average molecular weight is 316 g/mol. The number of nitro groups is 1. The molecule has 1 unspecified atom stereocenters. The number of halogens is 2. The molecule has 1 saturated heterocycles. The Kier molecular flexibility index (Phi) is 4.76. The van der Waals surface area contributed by atoms with Gasteiger partial charge in [-0.1, -0.05) is 6.92 Å². The van der Waals surface area contributed by atoms with Gasteiger partial charge in [0.2, 0.25) is 5.82 Å². The quantitative estimate of drug-likeness (QED) is 0.635. The molecule has 1 aromatic rings. The zero-order chi connectivity index (χ0) is 15.6. The van der Waals surface area contributed by atoms with Gasteiger partial charge in [-0.3, -0.25) is 14.9 Å². The molecule has 0 spiro atoms. The topological polar surface area (TPSA) is 63.5 Å². The van der Waals surface area contributed by atoms with E-state index in [-0.39, 0.29) is 5.25 Å². The summed E-state index contributed by atoms with van der Waals surface area (Å²) < 4.78 is 27.4. The van der Waals surface area contributed by atoms with Gasteiger partial charge in [-0.25, -0.2) is 4.39 Å². The van der Waals surface area contributed by atoms with Crippen LogP contribution < -0.4 is 0 Å². The molecule has 0 radical (unpaired) electrons. The molecule has 0 N–H and O–H groups in total. The second-order valence-electron chi connectivity index (χ2n) is 4.70. The van der Waals surface area contributed by atoms with Crippen molar-refractivity contribution in [1.29, 1.82) is 0 Å². The van der Waals surface area contributed by atoms with Gasteiger partial charge in [0.05, 0.1) is 16.6 Å². The Morgan fingerprint density at radius 2 is 2.24 bits per heavy atom. The maximum Gasteiger partial charge on any atom is 0.308 e. The Labute approximate surface area is 124 Å². The fraction of sp³-hybridized carbons (Fsp3) is 0.462. The molecule has 0 saturated carbocycles. The van der Waals surface area contributed by atoms with Crippen LogP contribution >= 0.6 is 11.8 Å². The van der Waals surface area contributed by atoms with Gasteiger partial charge >= 0.3 is 5.69 Å². The molecular formula is C13H14F2N2O3S. The second kappa shape index (κ2) is 6.38. The largest absolute Gasteiger partial charge is 0.337 e. The lowest BCUT2D eigenvalue weighted by atomic mass is 10.1. The summed E-state index contributed by atoms with van der Waals surface area (Å²) in [7, 11) is 0. The van der Waals surface area contributed by atoms with Crippen molar-refractivity contribution >= 4 is 23.4 Å². The monoisotopic (exact) mass is 316 g/mol. The molecule has 1 aliphatic rings. The van der Waals surface area contributed by atoms with Crippen molar-refractivity contribution in [3.8, 4) is 0 Å². The predicted octanol–water partition coefficient (Wildman–Crippen LogP) is 2.84. The highest BCUT2D eigenvalue weighted by Gasteiger charge is 2.29. The lowest BCUT2D eigenvalue weighted by Crippen LogP contribution is -2.42. The lowest BCUT2D eigenvalue weighted by Gasteiger charge is -2.32. The minimum absolute atomic E-state index is 0.245. The molecular weight excluding hydrogens is 302 g/mol. The van der Waals surface area contributed by atoms with E-state index in [9.17, 15) is 23.7 Å². The number of nitrogens with zero attached hydrogens (tertiary/aromatic N) is 2. The van der Waals surface area contributed by atoms with E-state index in [4.69, 9.17) is 0 Å². The lowest BCUT2D eigenvalue weighted by molar-refractivity contribution is -0.387. The molecule has 2 rings (SSSR count). The third-order valence-electron chi connectivity index (χ3n) is 3.33. The fourth-order valence-corrected chi connectivity index (χ4v) is 3.36. The number of amides is 1. The Morgan fingerprint density at radius 3 is 2.86 bits per heavy atom. The van der Waals surface area contributed by atoms with Crippen LogP contribution in [0.5, 0.6) is 0 Å². The van der Waals surface area contributed by atoms with E-state index in [0.29, 0.717) is 31.0 Å². The van der Waals surface area contributed by atoms with E-state index in [0.717, 1.165) is 6.42 Å². The Morgan fingerprint density at radius 1 is 1.52 bits per heavy atom. The summed E-state index contributed by atoms with van der Waals surface area (Å²) in [6.45, 7) is 2.84. The molecule has 1 aliphatic heterocycles. The summed E-state index contributed by atoms with van der Waals surface area (Å²) in [5.41, 5.74) is -1.60. The van der Waals surface area contributed by atoms with Gasteiger partial charge in [0, 0.05) is 24.1 Å². The number of carbonyl (C=O) groups excluding carboxylic acids is 1. The summed E-state index contributed by atoms with van der Waals surface area (Å²) >= 11 is 1.72. The zero-order valence-electron chi connectivity index (χ0n) is 11.3. The van der Waals surface area contributed by atoms with Gasteiger partial charge in [-0.05, 0) is 12.5 Å². The minimum Gasteiger partial charge on any atom is -0.337 e. The van der Waals surface area contributed by atoms with Crippen molar-refractivity contribution < 1.29 is 18.5 Å². The number of rotatable bonds is 3. The number of thioether (sulfide) groups is 1. The highest BCUT2D eigenvalue weighted by Crippen LogP contribution is 2.26. The molecule has 0 bridgehead atoms. The van der Waals surface area contributed by atoms with Crippen molar-refractivity contribution in [3.05, 3.63) is 39.4 Å². The number of benzene rings is 1. The zero-order valence-corrected chi connectivity index (χ0v) is 12.2. The minimum atomic E-state index is -1.28. The number of nitro benzene ring substituents is 1. The highest BCUT2D eigenvalue weighted by molar-refractivity contribution is 8.00. The highest BCUT2D eigenvalue weighted by atomic mass is 32.2. The standard InChI is InChI=1S/C13H14F2N2O3S/c1-2-9-7-16(3-4-21-9)13(18)10-5-8(14)6-11(12(10)15)17(19)20/h5-6,9H,2-4,7H2,1H3. The van der Waals surface area contributed by atoms with E-state index < -0.39 is 33.7 Å². The molecule has 0 aliphatic carbocycles. The molecule has 114 valence electrons. The van der Waals surface area contributed by atoms with Gasteiger partial charge < -0.3 is 4.90 Å². The fourth-order valence-electron chi connectivity index (χ4n) is 2.18. The van der Waals surface area contributed by atoms with Gasteiger partial charge in [-0.15, -0.1) is 0 Å². The number of hydrogen-bond acceptors (Lipinski definition) is 4. The first-order valence-corrected chi connectivity index (χ1v) is 7.53. The SMILES string of the molecule is CCC1CN(C(=O)c2cc(F)cc([N+](=O)[O-])c2F)CCS1. The maximum absolute atomic E-state index is 14.0. The van der Waals surface area contributed by atoms with Gasteiger partial charge in [0.15, 0.2) is 0 Å². The van der Waals surface area contributed by atoms with Crippen molar-refractivity contribution in [2.45, 2.75) is 18.6 Å². The first kappa shape index (κ1) is 15.7. The van der Waals surface area contributed by atoms with Crippen LogP contribution in [-0.2, 0) is 0 Å². The van der Waals surface area contributed by atoms with Crippen molar-refractivity contribution in [1.82, 2.24) is 4.90 Å². The number of carbonyl (C=O) groups is 1. The molecule has 1 aromatic carbocycles. The van der Waals surface area contributed by atoms with E-state index in [2.05, 4.69) is 0 Å². The normalized spacial score (nSPS) is 18.6. The van der Waals surface area contributed by atoms with Gasteiger partial charge in [-0.2, -0.15) is 16.2 Å². The summed E-state index contributed by atoms with van der Waals surface area (Å²) in [5.74, 6) is -2.26. The van der Waals surface area contributed by atoms with E-state index in [1.807, 2.05) is 6.92 Å². The average Bonchev–Trinajstić information content (AvgIpc) is 2.48. The van der Waals surface area contributed by atoms with Crippen LogP contribution in [0.25, 0.3) is 0 Å². The third kappa shape index (κ3) is 3.31. The van der Waals surface area contributed by atoms with Crippen LogP contribution in [0.2, 0.25) is 0 Å². The van der Waals surface area contributed by atoms with Crippen LogP contribution in [0.3, 0.4) is 0 Å². The Balaban J connectivity index is 2.33. The van der Waals surface area contributed by atoms with Crippen LogP contribution in [0.4, 0.5) is 14.5 Å². The van der Waals surface area contributed by atoms with E-state index in [1.165, 1.54) is 4.90 Å². The van der Waals surface area contributed by atoms with Crippen molar-refractivity contribution in [2.24, 2.45) is 0 Å². The summed E-state index contributed by atoms with van der Waals surface area (Å²) in [4.78, 5) is 23.4. The summed E-state index contributed by atoms with van der Waals surface area (Å²) in [6, 6.07) is 1.19. The van der Waals surface area contributed by atoms with Crippen molar-refractivity contribution in [3.63, 3.8) is 0 Å². The first-order chi connectivity index (χ1) is 9.93. The third-order valence-corrected chi connectivity index (χ3v) is 4.70. The smallest absolute Gasteiger partial charge is 0.308 e. The van der Waals surface area contributed by atoms with Gasteiger partial charge in [0.25, 0.3) is 5.91 Å². The first-order valence-electron chi connectivity index (χ1n) is 6.48. The van der Waals surface area contributed by atoms with Crippen LogP contribution in [0, 0.1) is 21.7 Å². The van der Waals surface area contributed by atoms with Gasteiger partial charge in [0.1, 0.15) is 5.82 Å². The molecule has 1 heterocycles.